The van der Waals surface area contributed by atoms with Crippen LogP contribution in [-0.4, -0.2) is 24.4 Å². The summed E-state index contributed by atoms with van der Waals surface area (Å²) in [6, 6.07) is 12.3. The van der Waals surface area contributed by atoms with E-state index in [2.05, 4.69) is 50.0 Å². The third-order valence-corrected chi connectivity index (χ3v) is 5.46. The van der Waals surface area contributed by atoms with Crippen LogP contribution in [0.15, 0.2) is 30.3 Å². The van der Waals surface area contributed by atoms with Crippen molar-refractivity contribution in [3.05, 3.63) is 30.3 Å². The second-order valence-corrected chi connectivity index (χ2v) is 11.8. The summed E-state index contributed by atoms with van der Waals surface area (Å²) in [5.41, 5.74) is 0. The van der Waals surface area contributed by atoms with Crippen LogP contribution in [0, 0.1) is 0 Å². The molecule has 0 aliphatic heterocycles. The summed E-state index contributed by atoms with van der Waals surface area (Å²) in [6.45, 7) is 7.74. The highest BCUT2D eigenvalue weighted by Crippen LogP contribution is 2.05. The minimum atomic E-state index is -1.27. The normalized spacial score (nSPS) is 12.4. The molecule has 1 aromatic carbocycles. The summed E-state index contributed by atoms with van der Waals surface area (Å²) < 4.78 is 5.84. The lowest BCUT2D eigenvalue weighted by atomic mass is 10.4. The van der Waals surface area contributed by atoms with E-state index in [-0.39, 0.29) is 9.52 Å². The van der Waals surface area contributed by atoms with Crippen molar-refractivity contribution in [1.82, 2.24) is 0 Å². The monoisotopic (exact) mass is 252 g/mol. The largest absolute Gasteiger partial charge is 0.418 e. The molecule has 0 atom stereocenters. The molecule has 0 fully saturated rings. The Balaban J connectivity index is 2.01. The van der Waals surface area contributed by atoms with Gasteiger partial charge in [-0.15, -0.1) is 0 Å². The molecular formula is C13H24OSi2. The average Bonchev–Trinajstić information content (AvgIpc) is 2.23. The third-order valence-electron chi connectivity index (χ3n) is 2.49. The molecule has 1 rings (SSSR count). The van der Waals surface area contributed by atoms with Gasteiger partial charge in [-0.3, -0.25) is 0 Å². The highest BCUT2D eigenvalue weighted by atomic mass is 28.4. The standard InChI is InChI=1S/C13H24OSi2/c1-16(2,3)14-11-7-8-12-15-13-9-5-4-6-10-13/h4-6,9-10H,7-8,11-12,15H2,1-3H3. The molecule has 0 radical (unpaired) electrons. The number of unbranched alkanes of at least 4 members (excludes halogenated alkanes) is 1. The molecule has 0 spiro atoms. The quantitative estimate of drug-likeness (QED) is 0.535. The molecule has 0 amide bonds. The molecule has 0 saturated heterocycles. The van der Waals surface area contributed by atoms with Gasteiger partial charge in [-0.25, -0.2) is 0 Å². The SMILES string of the molecule is C[Si](C)(C)OCCCC[SiH2]c1ccccc1. The highest BCUT2D eigenvalue weighted by molar-refractivity contribution is 6.69. The molecule has 90 valence electrons. The molecule has 0 bridgehead atoms. The van der Waals surface area contributed by atoms with E-state index in [1.807, 2.05) is 0 Å². The van der Waals surface area contributed by atoms with Crippen LogP contribution in [0.1, 0.15) is 12.8 Å². The first kappa shape index (κ1) is 13.7. The molecule has 0 unspecified atom stereocenters. The molecule has 16 heavy (non-hydrogen) atoms. The number of hydrogen-bond donors (Lipinski definition) is 0. The fraction of sp³-hybridized carbons (Fsp3) is 0.538. The van der Waals surface area contributed by atoms with Crippen LogP contribution in [0.4, 0.5) is 0 Å². The Labute approximate surface area is 103 Å². The first-order valence-corrected chi connectivity index (χ1v) is 11.4. The van der Waals surface area contributed by atoms with E-state index in [0.717, 1.165) is 6.61 Å². The molecular weight excluding hydrogens is 228 g/mol. The van der Waals surface area contributed by atoms with Crippen molar-refractivity contribution in [2.45, 2.75) is 38.5 Å². The minimum absolute atomic E-state index is 0.0178. The van der Waals surface area contributed by atoms with E-state index in [0.29, 0.717) is 0 Å². The van der Waals surface area contributed by atoms with Gasteiger partial charge in [0.1, 0.15) is 0 Å². The van der Waals surface area contributed by atoms with Gasteiger partial charge in [-0.2, -0.15) is 0 Å². The van der Waals surface area contributed by atoms with Crippen LogP contribution < -0.4 is 5.19 Å². The zero-order valence-electron chi connectivity index (χ0n) is 10.8. The van der Waals surface area contributed by atoms with Crippen LogP contribution >= 0.6 is 0 Å². The Morgan fingerprint density at radius 2 is 1.75 bits per heavy atom. The van der Waals surface area contributed by atoms with Gasteiger partial charge < -0.3 is 4.43 Å². The smallest absolute Gasteiger partial charge is 0.183 e. The molecule has 0 heterocycles. The lowest BCUT2D eigenvalue weighted by Crippen LogP contribution is -2.25. The Kier molecular flexibility index (Phi) is 6.02. The van der Waals surface area contributed by atoms with Crippen LogP contribution in [0.3, 0.4) is 0 Å². The van der Waals surface area contributed by atoms with Gasteiger partial charge in [0.25, 0.3) is 0 Å². The fourth-order valence-corrected chi connectivity index (χ4v) is 4.01. The maximum absolute atomic E-state index is 5.84. The lowest BCUT2D eigenvalue weighted by molar-refractivity contribution is 0.303. The van der Waals surface area contributed by atoms with E-state index in [9.17, 15) is 0 Å². The van der Waals surface area contributed by atoms with Crippen molar-refractivity contribution < 1.29 is 4.43 Å². The summed E-state index contributed by atoms with van der Waals surface area (Å²) in [5.74, 6) is 0. The summed E-state index contributed by atoms with van der Waals surface area (Å²) in [6.07, 6.45) is 2.58. The minimum Gasteiger partial charge on any atom is -0.418 e. The zero-order valence-corrected chi connectivity index (χ0v) is 13.2. The summed E-state index contributed by atoms with van der Waals surface area (Å²) in [5, 5.41) is 1.59. The number of benzene rings is 1. The molecule has 1 nitrogen and oxygen atoms in total. The lowest BCUT2D eigenvalue weighted by Gasteiger charge is -2.16. The van der Waals surface area contributed by atoms with E-state index < -0.39 is 8.32 Å². The first-order valence-electron chi connectivity index (χ1n) is 6.26. The van der Waals surface area contributed by atoms with Crippen molar-refractivity contribution in [3.63, 3.8) is 0 Å². The van der Waals surface area contributed by atoms with Gasteiger partial charge in [0.15, 0.2) is 8.32 Å². The van der Waals surface area contributed by atoms with Gasteiger partial charge in [-0.1, -0.05) is 48.0 Å². The topological polar surface area (TPSA) is 9.23 Å². The Morgan fingerprint density at radius 1 is 1.06 bits per heavy atom. The van der Waals surface area contributed by atoms with Gasteiger partial charge in [0, 0.05) is 6.61 Å². The predicted octanol–water partition coefficient (Wildman–Crippen LogP) is 2.53. The second-order valence-electron chi connectivity index (χ2n) is 5.26. The molecule has 0 saturated carbocycles. The van der Waals surface area contributed by atoms with Crippen LogP contribution in [0.2, 0.25) is 25.7 Å². The zero-order chi connectivity index (χ0) is 11.9. The molecule has 0 aliphatic carbocycles. The van der Waals surface area contributed by atoms with Crippen molar-refractivity contribution in [1.29, 1.82) is 0 Å². The third kappa shape index (κ3) is 6.98. The molecule has 1 aromatic rings. The molecule has 0 aromatic heterocycles. The first-order chi connectivity index (χ1) is 7.58. The van der Waals surface area contributed by atoms with E-state index in [1.165, 1.54) is 18.9 Å². The van der Waals surface area contributed by atoms with Crippen LogP contribution in [-0.2, 0) is 4.43 Å². The van der Waals surface area contributed by atoms with Crippen molar-refractivity contribution in [3.8, 4) is 0 Å². The second kappa shape index (κ2) is 7.04. The van der Waals surface area contributed by atoms with Crippen molar-refractivity contribution in [2.75, 3.05) is 6.61 Å². The fourth-order valence-electron chi connectivity index (χ4n) is 1.63. The number of hydrogen-bond acceptors (Lipinski definition) is 1. The Bertz CT molecular complexity index is 280. The predicted molar refractivity (Wildman–Crippen MR) is 78.0 cm³/mol. The maximum Gasteiger partial charge on any atom is 0.183 e. The van der Waals surface area contributed by atoms with Gasteiger partial charge in [0.05, 0.1) is 9.52 Å². The van der Waals surface area contributed by atoms with E-state index >= 15 is 0 Å². The van der Waals surface area contributed by atoms with E-state index in [4.69, 9.17) is 4.43 Å². The Morgan fingerprint density at radius 3 is 2.38 bits per heavy atom. The van der Waals surface area contributed by atoms with Gasteiger partial charge in [-0.05, 0) is 26.1 Å². The Hall–Kier alpha value is -0.386. The number of rotatable bonds is 7. The maximum atomic E-state index is 5.84. The highest BCUT2D eigenvalue weighted by Gasteiger charge is 2.12. The van der Waals surface area contributed by atoms with Crippen molar-refractivity contribution in [2.24, 2.45) is 0 Å². The van der Waals surface area contributed by atoms with Crippen LogP contribution in [0.25, 0.3) is 0 Å². The van der Waals surface area contributed by atoms with Crippen molar-refractivity contribution >= 4 is 23.0 Å². The van der Waals surface area contributed by atoms with Gasteiger partial charge in [0.2, 0.25) is 0 Å². The van der Waals surface area contributed by atoms with Gasteiger partial charge >= 0.3 is 0 Å². The van der Waals surface area contributed by atoms with Crippen LogP contribution in [0.5, 0.6) is 0 Å². The summed E-state index contributed by atoms with van der Waals surface area (Å²) in [4.78, 5) is 0. The molecule has 0 aliphatic rings. The average molecular weight is 253 g/mol. The summed E-state index contributed by atoms with van der Waals surface area (Å²) >= 11 is 0. The van der Waals surface area contributed by atoms with E-state index in [1.54, 1.807) is 5.19 Å². The molecule has 0 N–H and O–H groups in total. The molecule has 3 heteroatoms. The summed E-state index contributed by atoms with van der Waals surface area (Å²) in [7, 11) is -1.29.